The monoisotopic (exact) mass is 500 g/mol. The third kappa shape index (κ3) is 3.66. The Morgan fingerprint density at radius 3 is 2.17 bits per heavy atom. The van der Waals surface area contributed by atoms with Crippen molar-refractivity contribution >= 4 is 52.2 Å². The molecule has 0 bridgehead atoms. The summed E-state index contributed by atoms with van der Waals surface area (Å²) in [6.07, 6.45) is 4.34. The van der Waals surface area contributed by atoms with Crippen LogP contribution in [0.2, 0.25) is 0 Å². The van der Waals surface area contributed by atoms with Crippen molar-refractivity contribution < 1.29 is 14.0 Å². The number of allylic oxidation sites excluding steroid dienone is 1. The van der Waals surface area contributed by atoms with Gasteiger partial charge in [0, 0.05) is 23.8 Å². The number of nitrogens with zero attached hydrogens (tertiary/aromatic N) is 1. The molecule has 4 heteroatoms. The summed E-state index contributed by atoms with van der Waals surface area (Å²) >= 11 is 0. The summed E-state index contributed by atoms with van der Waals surface area (Å²) in [6, 6.07) is 19.0. The average molecular weight is 500 g/mol. The van der Waals surface area contributed by atoms with Crippen LogP contribution < -0.4 is 9.47 Å². The van der Waals surface area contributed by atoms with Crippen LogP contribution in [0, 0.1) is 0 Å². The zero-order valence-electron chi connectivity index (χ0n) is 17.5. The van der Waals surface area contributed by atoms with E-state index < -0.39 is 0 Å². The first kappa shape index (κ1) is 21.4. The van der Waals surface area contributed by atoms with Gasteiger partial charge in [0.05, 0.1) is 19.6 Å². The summed E-state index contributed by atoms with van der Waals surface area (Å²) in [4.78, 5) is 0. The molecule has 0 amide bonds. The molecule has 0 N–H and O–H groups in total. The molecule has 0 atom stereocenters. The van der Waals surface area contributed by atoms with Gasteiger partial charge in [0.2, 0.25) is 5.69 Å². The van der Waals surface area contributed by atoms with Gasteiger partial charge in [-0.25, -0.2) is 0 Å². The van der Waals surface area contributed by atoms with Crippen molar-refractivity contribution in [1.29, 1.82) is 0 Å². The zero-order chi connectivity index (χ0) is 19.9. The van der Waals surface area contributed by atoms with Crippen LogP contribution in [0.25, 0.3) is 16.8 Å². The summed E-state index contributed by atoms with van der Waals surface area (Å²) < 4.78 is 13.1. The quantitative estimate of drug-likeness (QED) is 0.315. The third-order valence-electron chi connectivity index (χ3n) is 5.70. The Morgan fingerprint density at radius 2 is 1.52 bits per heavy atom. The molecule has 0 unspecified atom stereocenters. The molecule has 0 aromatic heterocycles. The van der Waals surface area contributed by atoms with Crippen molar-refractivity contribution in [2.24, 2.45) is 0 Å². The van der Waals surface area contributed by atoms with Crippen molar-refractivity contribution in [3.63, 3.8) is 0 Å². The molecule has 3 aromatic carbocycles. The molecule has 0 spiro atoms. The molecule has 150 valence electrons. The number of halogens is 1. The van der Waals surface area contributed by atoms with E-state index in [0.717, 1.165) is 17.1 Å². The number of methoxy groups -OCH3 is 2. The van der Waals surface area contributed by atoms with Gasteiger partial charge in [-0.05, 0) is 54.5 Å². The van der Waals surface area contributed by atoms with E-state index in [1.54, 1.807) is 14.2 Å². The largest absolute Gasteiger partial charge is 0.497 e. The molecule has 3 nitrogen and oxygen atoms in total. The smallest absolute Gasteiger partial charge is 0.210 e. The Morgan fingerprint density at radius 1 is 0.862 bits per heavy atom. The maximum absolute atomic E-state index is 5.40. The standard InChI is InChI=1S/C25H26NO2.HI/c1-25(2)23(13-10-17-14-19(27-4)16-20(15-17)28-5)26(3)22-12-11-18-8-6-7-9-21(18)24(22)25;/h6-16H,1-5H3;1H/q+1;/b13-10+;. The van der Waals surface area contributed by atoms with E-state index in [9.17, 15) is 0 Å². The second-order valence-electron chi connectivity index (χ2n) is 7.73. The maximum Gasteiger partial charge on any atom is 0.210 e. The van der Waals surface area contributed by atoms with Crippen molar-refractivity contribution in [1.82, 2.24) is 0 Å². The maximum atomic E-state index is 5.40. The highest BCUT2D eigenvalue weighted by atomic mass is 127. The van der Waals surface area contributed by atoms with Gasteiger partial charge in [-0.15, -0.1) is 24.0 Å². The van der Waals surface area contributed by atoms with E-state index in [2.05, 4.69) is 74.0 Å². The lowest BCUT2D eigenvalue weighted by Crippen LogP contribution is -2.26. The number of hydrogen-bond acceptors (Lipinski definition) is 2. The summed E-state index contributed by atoms with van der Waals surface area (Å²) in [5.74, 6) is 1.58. The van der Waals surface area contributed by atoms with Gasteiger partial charge in [0.1, 0.15) is 18.5 Å². The van der Waals surface area contributed by atoms with Crippen LogP contribution in [0.5, 0.6) is 11.5 Å². The van der Waals surface area contributed by atoms with Crippen LogP contribution in [-0.2, 0) is 5.41 Å². The highest BCUT2D eigenvalue weighted by Crippen LogP contribution is 2.43. The lowest BCUT2D eigenvalue weighted by Gasteiger charge is -2.17. The normalized spacial score (nSPS) is 14.8. The van der Waals surface area contributed by atoms with Crippen molar-refractivity contribution in [3.8, 4) is 11.5 Å². The molecule has 1 heterocycles. The van der Waals surface area contributed by atoms with E-state index in [-0.39, 0.29) is 29.4 Å². The fourth-order valence-corrected chi connectivity index (χ4v) is 4.29. The molecule has 4 rings (SSSR count). The fourth-order valence-electron chi connectivity index (χ4n) is 4.29. The summed E-state index contributed by atoms with van der Waals surface area (Å²) in [6.45, 7) is 4.60. The summed E-state index contributed by atoms with van der Waals surface area (Å²) in [7, 11) is 5.49. The summed E-state index contributed by atoms with van der Waals surface area (Å²) in [5, 5.41) is 2.61. The first-order valence-electron chi connectivity index (χ1n) is 9.50. The molecule has 1 aliphatic heterocycles. The van der Waals surface area contributed by atoms with Gasteiger partial charge in [-0.1, -0.05) is 24.3 Å². The first-order chi connectivity index (χ1) is 13.5. The number of rotatable bonds is 4. The SMILES string of the molecule is COc1cc(/C=C/C2=[N+](C)c3ccc4ccccc4c3C2(C)C)cc(OC)c1.I. The number of hydrogen-bond donors (Lipinski definition) is 0. The van der Waals surface area contributed by atoms with Crippen LogP contribution >= 0.6 is 24.0 Å². The van der Waals surface area contributed by atoms with E-state index in [0.29, 0.717) is 0 Å². The first-order valence-corrected chi connectivity index (χ1v) is 9.50. The number of ether oxygens (including phenoxy) is 2. The molecule has 1 aliphatic rings. The third-order valence-corrected chi connectivity index (χ3v) is 5.70. The molecule has 0 saturated carbocycles. The number of fused-ring (bicyclic) bond motifs is 3. The van der Waals surface area contributed by atoms with Gasteiger partial charge in [0.25, 0.3) is 0 Å². The van der Waals surface area contributed by atoms with Gasteiger partial charge in [-0.2, -0.15) is 4.58 Å². The van der Waals surface area contributed by atoms with E-state index >= 15 is 0 Å². The van der Waals surface area contributed by atoms with Crippen LogP contribution in [-0.4, -0.2) is 31.6 Å². The highest BCUT2D eigenvalue weighted by Gasteiger charge is 2.44. The minimum atomic E-state index is -0.0929. The molecular formula is C25H27INO2+. The lowest BCUT2D eigenvalue weighted by atomic mass is 9.79. The van der Waals surface area contributed by atoms with Gasteiger partial charge >= 0.3 is 0 Å². The molecule has 0 radical (unpaired) electrons. The summed E-state index contributed by atoms with van der Waals surface area (Å²) in [5.41, 5.74) is 4.88. The Kier molecular flexibility index (Phi) is 6.03. The van der Waals surface area contributed by atoms with Crippen LogP contribution in [0.3, 0.4) is 0 Å². The minimum absolute atomic E-state index is 0. The Balaban J connectivity index is 0.00000240. The molecule has 0 fully saturated rings. The van der Waals surface area contributed by atoms with Crippen LogP contribution in [0.15, 0.2) is 60.7 Å². The molecule has 0 saturated heterocycles. The Hall–Kier alpha value is -2.34. The van der Waals surface area contributed by atoms with Crippen molar-refractivity contribution in [2.75, 3.05) is 21.3 Å². The second kappa shape index (κ2) is 8.19. The van der Waals surface area contributed by atoms with Crippen molar-refractivity contribution in [3.05, 3.63) is 71.8 Å². The lowest BCUT2D eigenvalue weighted by molar-refractivity contribution is -0.401. The van der Waals surface area contributed by atoms with E-state index in [4.69, 9.17) is 9.47 Å². The van der Waals surface area contributed by atoms with Gasteiger partial charge in [-0.3, -0.25) is 0 Å². The predicted molar refractivity (Wildman–Crippen MR) is 132 cm³/mol. The predicted octanol–water partition coefficient (Wildman–Crippen LogP) is 6.19. The Bertz CT molecular complexity index is 1110. The molecule has 0 aliphatic carbocycles. The molecular weight excluding hydrogens is 473 g/mol. The van der Waals surface area contributed by atoms with Crippen LogP contribution in [0.1, 0.15) is 25.0 Å². The van der Waals surface area contributed by atoms with E-state index in [1.165, 1.54) is 27.7 Å². The minimum Gasteiger partial charge on any atom is -0.497 e. The number of benzene rings is 3. The zero-order valence-corrected chi connectivity index (χ0v) is 19.9. The van der Waals surface area contributed by atoms with Crippen molar-refractivity contribution in [2.45, 2.75) is 19.3 Å². The van der Waals surface area contributed by atoms with E-state index in [1.807, 2.05) is 18.2 Å². The fraction of sp³-hybridized carbons (Fsp3) is 0.240. The average Bonchev–Trinajstić information content (AvgIpc) is 2.91. The van der Waals surface area contributed by atoms with Gasteiger partial charge < -0.3 is 9.47 Å². The Labute approximate surface area is 189 Å². The molecule has 29 heavy (non-hydrogen) atoms. The molecule has 3 aromatic rings. The second-order valence-corrected chi connectivity index (χ2v) is 7.73. The van der Waals surface area contributed by atoms with Crippen LogP contribution in [0.4, 0.5) is 5.69 Å². The highest BCUT2D eigenvalue weighted by molar-refractivity contribution is 14.0. The van der Waals surface area contributed by atoms with Gasteiger partial charge in [0.15, 0.2) is 5.71 Å². The topological polar surface area (TPSA) is 21.5 Å².